The second kappa shape index (κ2) is 13.7. The lowest BCUT2D eigenvalue weighted by molar-refractivity contribution is -0.190. The van der Waals surface area contributed by atoms with Gasteiger partial charge in [-0.05, 0) is 81.4 Å². The Balaban J connectivity index is 0.925. The molecule has 3 amide bonds. The molecule has 0 saturated carbocycles. The van der Waals surface area contributed by atoms with Crippen molar-refractivity contribution in [2.75, 3.05) is 60.6 Å². The summed E-state index contributed by atoms with van der Waals surface area (Å²) in [6.45, 7) is 10.2. The van der Waals surface area contributed by atoms with Crippen LogP contribution in [0.15, 0.2) is 79.4 Å². The van der Waals surface area contributed by atoms with Crippen LogP contribution in [0.2, 0.25) is 10.0 Å². The molecule has 3 fully saturated rings. The van der Waals surface area contributed by atoms with E-state index in [0.717, 1.165) is 43.3 Å². The van der Waals surface area contributed by atoms with Gasteiger partial charge < -0.3 is 28.9 Å². The number of benzene rings is 3. The monoisotopic (exact) mass is 719 g/mol. The zero-order valence-corrected chi connectivity index (χ0v) is 29.7. The van der Waals surface area contributed by atoms with Gasteiger partial charge in [-0.1, -0.05) is 29.3 Å². The second-order valence-corrected chi connectivity index (χ2v) is 13.9. The highest BCUT2D eigenvalue weighted by Gasteiger charge is 2.51. The van der Waals surface area contributed by atoms with E-state index in [-0.39, 0.29) is 31.2 Å². The first-order valence-corrected chi connectivity index (χ1v) is 17.4. The number of rotatable bonds is 10. The standard InChI is InChI=1S/C36H39Cl2N7O5/c1-4-44-34(47)45(33(46)35(44,2)3)28-8-6-26(7-9-28)41-15-17-42(18-16-41)27-10-12-29(13-11-27)48-20-30-21-49-36(50-30,22-43-24-39-23-40-43)31-14-5-25(37)19-32(31)38/h5-14,19,23-24,30H,4,15-18,20-22H2,1-3H3/t30-,36-/m1/s1. The van der Waals surface area contributed by atoms with Crippen LogP contribution in [0, 0.1) is 0 Å². The van der Waals surface area contributed by atoms with E-state index in [0.29, 0.717) is 34.4 Å². The highest BCUT2D eigenvalue weighted by atomic mass is 35.5. The molecule has 2 atom stereocenters. The molecule has 12 nitrogen and oxygen atoms in total. The van der Waals surface area contributed by atoms with Crippen molar-refractivity contribution < 1.29 is 23.8 Å². The normalized spacial score (nSPS) is 22.1. The first kappa shape index (κ1) is 34.1. The number of hydrogen-bond acceptors (Lipinski definition) is 9. The third-order valence-electron chi connectivity index (χ3n) is 9.57. The van der Waals surface area contributed by atoms with E-state index in [1.165, 1.54) is 11.2 Å². The third-order valence-corrected chi connectivity index (χ3v) is 10.1. The summed E-state index contributed by atoms with van der Waals surface area (Å²) in [6, 6.07) is 20.7. The van der Waals surface area contributed by atoms with Crippen molar-refractivity contribution in [2.24, 2.45) is 0 Å². The smallest absolute Gasteiger partial charge is 0.332 e. The topological polar surface area (TPSA) is 106 Å². The maximum absolute atomic E-state index is 13.0. The average Bonchev–Trinajstić information content (AvgIpc) is 3.82. The molecule has 7 rings (SSSR count). The first-order valence-electron chi connectivity index (χ1n) is 16.7. The van der Waals surface area contributed by atoms with E-state index < -0.39 is 11.3 Å². The van der Waals surface area contributed by atoms with Crippen LogP contribution < -0.4 is 19.4 Å². The van der Waals surface area contributed by atoms with Crippen LogP contribution in [-0.4, -0.2) is 89.2 Å². The molecular formula is C36H39Cl2N7O5. The summed E-state index contributed by atoms with van der Waals surface area (Å²) >= 11 is 12.7. The quantitative estimate of drug-likeness (QED) is 0.187. The Kier molecular flexibility index (Phi) is 9.38. The van der Waals surface area contributed by atoms with Crippen LogP contribution in [0.5, 0.6) is 5.75 Å². The van der Waals surface area contributed by atoms with E-state index in [1.54, 1.807) is 48.0 Å². The first-order chi connectivity index (χ1) is 24.1. The molecular weight excluding hydrogens is 681 g/mol. The number of aromatic nitrogens is 3. The summed E-state index contributed by atoms with van der Waals surface area (Å²) in [4.78, 5) is 37.6. The van der Waals surface area contributed by atoms with E-state index in [9.17, 15) is 9.59 Å². The number of urea groups is 1. The number of carbonyl (C=O) groups excluding carboxylic acids is 2. The van der Waals surface area contributed by atoms with Gasteiger partial charge in [0.1, 0.15) is 43.2 Å². The van der Waals surface area contributed by atoms with Crippen molar-refractivity contribution in [3.8, 4) is 5.75 Å². The summed E-state index contributed by atoms with van der Waals surface area (Å²) in [5, 5.41) is 5.19. The van der Waals surface area contributed by atoms with Gasteiger partial charge in [0.25, 0.3) is 5.91 Å². The molecule has 1 aromatic heterocycles. The lowest BCUT2D eigenvalue weighted by Gasteiger charge is -2.37. The highest BCUT2D eigenvalue weighted by Crippen LogP contribution is 2.41. The fourth-order valence-electron chi connectivity index (χ4n) is 6.85. The number of imide groups is 1. The molecule has 4 aromatic rings. The van der Waals surface area contributed by atoms with E-state index in [4.69, 9.17) is 37.4 Å². The van der Waals surface area contributed by atoms with Crippen molar-refractivity contribution in [2.45, 2.75) is 44.7 Å². The predicted octanol–water partition coefficient (Wildman–Crippen LogP) is 5.83. The fourth-order valence-corrected chi connectivity index (χ4v) is 7.41. The maximum atomic E-state index is 13.0. The van der Waals surface area contributed by atoms with Gasteiger partial charge >= 0.3 is 6.03 Å². The van der Waals surface area contributed by atoms with Crippen molar-refractivity contribution in [3.05, 3.63) is 95.0 Å². The number of piperazine rings is 1. The molecule has 3 aliphatic rings. The zero-order valence-electron chi connectivity index (χ0n) is 28.2. The SMILES string of the molecule is CCN1C(=O)N(c2ccc(N3CCN(c4ccc(OC[C@@H]5CO[C@@](Cn6cncn6)(c6ccc(Cl)cc6Cl)O5)cc4)CC3)cc2)C(=O)C1(C)C. The minimum absolute atomic E-state index is 0.205. The van der Waals surface area contributed by atoms with E-state index in [2.05, 4.69) is 32.0 Å². The third kappa shape index (κ3) is 6.48. The summed E-state index contributed by atoms with van der Waals surface area (Å²) in [5.41, 5.74) is 2.57. The van der Waals surface area contributed by atoms with E-state index in [1.807, 2.05) is 43.3 Å². The number of ether oxygens (including phenoxy) is 3. The molecule has 3 aromatic carbocycles. The Morgan fingerprint density at radius 1 is 0.900 bits per heavy atom. The number of carbonyl (C=O) groups is 2. The van der Waals surface area contributed by atoms with Gasteiger partial charge in [-0.15, -0.1) is 0 Å². The Bertz CT molecular complexity index is 1830. The number of amides is 3. The zero-order chi connectivity index (χ0) is 35.0. The fraction of sp³-hybridized carbons (Fsp3) is 0.389. The summed E-state index contributed by atoms with van der Waals surface area (Å²) < 4.78 is 20.5. The molecule has 0 N–H and O–H groups in total. The van der Waals surface area contributed by atoms with Gasteiger partial charge in [0.15, 0.2) is 0 Å². The minimum Gasteiger partial charge on any atom is -0.491 e. The highest BCUT2D eigenvalue weighted by molar-refractivity contribution is 6.35. The van der Waals surface area contributed by atoms with Gasteiger partial charge in [-0.25, -0.2) is 19.4 Å². The van der Waals surface area contributed by atoms with Crippen LogP contribution in [0.1, 0.15) is 26.3 Å². The molecule has 4 heterocycles. The predicted molar refractivity (Wildman–Crippen MR) is 191 cm³/mol. The number of likely N-dealkylation sites (N-methyl/N-ethyl adjacent to an activating group) is 1. The molecule has 14 heteroatoms. The van der Waals surface area contributed by atoms with Gasteiger partial charge in [0.05, 0.1) is 17.3 Å². The number of anilines is 3. The average molecular weight is 721 g/mol. The van der Waals surface area contributed by atoms with Crippen LogP contribution in [0.4, 0.5) is 21.9 Å². The number of nitrogens with zero attached hydrogens (tertiary/aromatic N) is 7. The van der Waals surface area contributed by atoms with Gasteiger partial charge in [-0.2, -0.15) is 5.10 Å². The number of hydrogen-bond donors (Lipinski definition) is 0. The molecule has 0 bridgehead atoms. The Hall–Kier alpha value is -4.36. The molecule has 3 saturated heterocycles. The van der Waals surface area contributed by atoms with Crippen molar-refractivity contribution >= 4 is 52.2 Å². The summed E-state index contributed by atoms with van der Waals surface area (Å²) in [7, 11) is 0. The van der Waals surface area contributed by atoms with Crippen molar-refractivity contribution in [1.29, 1.82) is 0 Å². The minimum atomic E-state index is -1.17. The maximum Gasteiger partial charge on any atom is 0.332 e. The van der Waals surface area contributed by atoms with Crippen LogP contribution in [0.25, 0.3) is 0 Å². The number of halogens is 2. The Labute approximate surface area is 301 Å². The van der Waals surface area contributed by atoms with E-state index >= 15 is 0 Å². The Morgan fingerprint density at radius 3 is 2.12 bits per heavy atom. The molecule has 0 radical (unpaired) electrons. The van der Waals surface area contributed by atoms with Crippen molar-refractivity contribution in [3.63, 3.8) is 0 Å². The summed E-state index contributed by atoms with van der Waals surface area (Å²) in [5.74, 6) is -0.643. The molecule has 3 aliphatic heterocycles. The Morgan fingerprint density at radius 2 is 1.54 bits per heavy atom. The van der Waals surface area contributed by atoms with Gasteiger partial charge in [-0.3, -0.25) is 4.79 Å². The van der Waals surface area contributed by atoms with Gasteiger partial charge in [0, 0.05) is 54.7 Å². The second-order valence-electron chi connectivity index (χ2n) is 13.0. The van der Waals surface area contributed by atoms with Crippen LogP contribution in [0.3, 0.4) is 0 Å². The molecule has 0 aliphatic carbocycles. The molecule has 262 valence electrons. The molecule has 0 spiro atoms. The van der Waals surface area contributed by atoms with Crippen LogP contribution in [-0.2, 0) is 26.6 Å². The van der Waals surface area contributed by atoms with Gasteiger partial charge in [0.2, 0.25) is 5.79 Å². The largest absolute Gasteiger partial charge is 0.491 e. The summed E-state index contributed by atoms with van der Waals surface area (Å²) in [6.07, 6.45) is 2.71. The van der Waals surface area contributed by atoms with Crippen molar-refractivity contribution in [1.82, 2.24) is 19.7 Å². The molecule has 0 unspecified atom stereocenters. The lowest BCUT2D eigenvalue weighted by Crippen LogP contribution is -2.46. The lowest BCUT2D eigenvalue weighted by atomic mass is 10.0. The van der Waals surface area contributed by atoms with Crippen LogP contribution >= 0.6 is 23.2 Å². The molecule has 50 heavy (non-hydrogen) atoms.